The SMILES string of the molecule is Cc1cccnc1C(=O)N1CC(F)(F)C1. The molecule has 0 aromatic carbocycles. The van der Waals surface area contributed by atoms with E-state index in [9.17, 15) is 13.6 Å². The number of hydrogen-bond donors (Lipinski definition) is 0. The molecule has 3 nitrogen and oxygen atoms in total. The normalized spacial score (nSPS) is 18.5. The zero-order valence-electron chi connectivity index (χ0n) is 8.20. The Kier molecular flexibility index (Phi) is 2.17. The van der Waals surface area contributed by atoms with Crippen LogP contribution in [0.1, 0.15) is 16.1 Å². The van der Waals surface area contributed by atoms with Crippen LogP contribution in [-0.4, -0.2) is 34.8 Å². The fourth-order valence-electron chi connectivity index (χ4n) is 1.52. The van der Waals surface area contributed by atoms with Crippen molar-refractivity contribution in [3.63, 3.8) is 0 Å². The molecule has 15 heavy (non-hydrogen) atoms. The van der Waals surface area contributed by atoms with E-state index in [2.05, 4.69) is 4.98 Å². The van der Waals surface area contributed by atoms with Crippen LogP contribution in [0, 0.1) is 6.92 Å². The van der Waals surface area contributed by atoms with Crippen molar-refractivity contribution in [3.05, 3.63) is 29.6 Å². The van der Waals surface area contributed by atoms with Crippen LogP contribution in [0.25, 0.3) is 0 Å². The van der Waals surface area contributed by atoms with Crippen LogP contribution in [-0.2, 0) is 0 Å². The standard InChI is InChI=1S/C10H10F2N2O/c1-7-3-2-4-13-8(7)9(15)14-5-10(11,12)6-14/h2-4H,5-6H2,1H3. The van der Waals surface area contributed by atoms with E-state index in [-0.39, 0.29) is 5.69 Å². The van der Waals surface area contributed by atoms with Crippen LogP contribution < -0.4 is 0 Å². The minimum atomic E-state index is -2.72. The van der Waals surface area contributed by atoms with Gasteiger partial charge in [0.05, 0.1) is 13.1 Å². The molecule has 0 bridgehead atoms. The molecule has 1 aliphatic rings. The number of likely N-dealkylation sites (tertiary alicyclic amines) is 1. The van der Waals surface area contributed by atoms with Gasteiger partial charge in [0.15, 0.2) is 0 Å². The summed E-state index contributed by atoms with van der Waals surface area (Å²) in [7, 11) is 0. The maximum atomic E-state index is 12.6. The molecule has 1 fully saturated rings. The number of carbonyl (C=O) groups is 1. The van der Waals surface area contributed by atoms with Gasteiger partial charge in [-0.3, -0.25) is 9.78 Å². The average Bonchev–Trinajstić information content (AvgIpc) is 2.14. The monoisotopic (exact) mass is 212 g/mol. The highest BCUT2D eigenvalue weighted by Gasteiger charge is 2.46. The maximum Gasteiger partial charge on any atom is 0.282 e. The molecule has 1 aliphatic heterocycles. The number of nitrogens with zero attached hydrogens (tertiary/aromatic N) is 2. The Labute approximate surface area is 85.7 Å². The zero-order valence-corrected chi connectivity index (χ0v) is 8.20. The summed E-state index contributed by atoms with van der Waals surface area (Å²) < 4.78 is 25.1. The number of aryl methyl sites for hydroxylation is 1. The molecular formula is C10H10F2N2O. The highest BCUT2D eigenvalue weighted by atomic mass is 19.3. The number of carbonyl (C=O) groups excluding carboxylic acids is 1. The van der Waals surface area contributed by atoms with Gasteiger partial charge >= 0.3 is 0 Å². The van der Waals surface area contributed by atoms with Gasteiger partial charge in [-0.1, -0.05) is 6.07 Å². The highest BCUT2D eigenvalue weighted by Crippen LogP contribution is 2.27. The number of amides is 1. The van der Waals surface area contributed by atoms with Crippen molar-refractivity contribution in [1.82, 2.24) is 9.88 Å². The lowest BCUT2D eigenvalue weighted by Gasteiger charge is -2.38. The van der Waals surface area contributed by atoms with Crippen LogP contribution in [0.3, 0.4) is 0 Å². The molecule has 80 valence electrons. The van der Waals surface area contributed by atoms with Crippen LogP contribution in [0.4, 0.5) is 8.78 Å². The van der Waals surface area contributed by atoms with Crippen molar-refractivity contribution >= 4 is 5.91 Å². The summed E-state index contributed by atoms with van der Waals surface area (Å²) >= 11 is 0. The lowest BCUT2D eigenvalue weighted by Crippen LogP contribution is -2.58. The molecule has 0 aliphatic carbocycles. The molecule has 0 unspecified atom stereocenters. The van der Waals surface area contributed by atoms with E-state index in [1.165, 1.54) is 6.20 Å². The summed E-state index contributed by atoms with van der Waals surface area (Å²) in [4.78, 5) is 16.7. The molecule has 1 aromatic heterocycles. The Morgan fingerprint density at radius 2 is 2.20 bits per heavy atom. The molecule has 1 amide bonds. The third kappa shape index (κ3) is 1.82. The smallest absolute Gasteiger partial charge is 0.282 e. The van der Waals surface area contributed by atoms with Gasteiger partial charge in [0.25, 0.3) is 11.8 Å². The first kappa shape index (κ1) is 10.0. The lowest BCUT2D eigenvalue weighted by atomic mass is 10.1. The molecular weight excluding hydrogens is 202 g/mol. The predicted molar refractivity (Wildman–Crippen MR) is 49.8 cm³/mol. The van der Waals surface area contributed by atoms with Gasteiger partial charge in [-0.15, -0.1) is 0 Å². The van der Waals surface area contributed by atoms with Crippen molar-refractivity contribution in [2.45, 2.75) is 12.8 Å². The van der Waals surface area contributed by atoms with Gasteiger partial charge in [-0.2, -0.15) is 0 Å². The first-order valence-corrected chi connectivity index (χ1v) is 4.58. The van der Waals surface area contributed by atoms with Gasteiger partial charge in [0.1, 0.15) is 5.69 Å². The van der Waals surface area contributed by atoms with Gasteiger partial charge < -0.3 is 4.90 Å². The molecule has 0 spiro atoms. The number of alkyl halides is 2. The van der Waals surface area contributed by atoms with Crippen molar-refractivity contribution in [2.24, 2.45) is 0 Å². The molecule has 2 rings (SSSR count). The summed E-state index contributed by atoms with van der Waals surface area (Å²) in [6, 6.07) is 3.44. The average molecular weight is 212 g/mol. The van der Waals surface area contributed by atoms with Crippen molar-refractivity contribution < 1.29 is 13.6 Å². The zero-order chi connectivity index (χ0) is 11.1. The number of halogens is 2. The van der Waals surface area contributed by atoms with E-state index in [4.69, 9.17) is 0 Å². The van der Waals surface area contributed by atoms with Crippen LogP contribution in [0.5, 0.6) is 0 Å². The summed E-state index contributed by atoms with van der Waals surface area (Å²) in [5, 5.41) is 0. The minimum Gasteiger partial charge on any atom is -0.325 e. The number of hydrogen-bond acceptors (Lipinski definition) is 2. The first-order chi connectivity index (χ1) is 6.99. The number of rotatable bonds is 1. The molecule has 0 atom stereocenters. The lowest BCUT2D eigenvalue weighted by molar-refractivity contribution is -0.113. The minimum absolute atomic E-state index is 0.257. The quantitative estimate of drug-likeness (QED) is 0.706. The molecule has 0 radical (unpaired) electrons. The summed E-state index contributed by atoms with van der Waals surface area (Å²) in [5.41, 5.74) is 0.964. The van der Waals surface area contributed by atoms with E-state index in [0.29, 0.717) is 5.56 Å². The van der Waals surface area contributed by atoms with E-state index in [1.54, 1.807) is 19.1 Å². The van der Waals surface area contributed by atoms with E-state index >= 15 is 0 Å². The summed E-state index contributed by atoms with van der Waals surface area (Å²) in [6.45, 7) is 0.738. The second-order valence-corrected chi connectivity index (χ2v) is 3.69. The van der Waals surface area contributed by atoms with Crippen molar-refractivity contribution in [3.8, 4) is 0 Å². The van der Waals surface area contributed by atoms with Crippen LogP contribution >= 0.6 is 0 Å². The van der Waals surface area contributed by atoms with Crippen LogP contribution in [0.2, 0.25) is 0 Å². The summed E-state index contributed by atoms with van der Waals surface area (Å²) in [6.07, 6.45) is 1.48. The second-order valence-electron chi connectivity index (χ2n) is 3.69. The molecule has 0 saturated carbocycles. The molecule has 5 heteroatoms. The first-order valence-electron chi connectivity index (χ1n) is 4.58. The van der Waals surface area contributed by atoms with E-state index in [0.717, 1.165) is 4.90 Å². The Bertz CT molecular complexity index is 398. The fourth-order valence-corrected chi connectivity index (χ4v) is 1.52. The van der Waals surface area contributed by atoms with Crippen molar-refractivity contribution in [2.75, 3.05) is 13.1 Å². The Balaban J connectivity index is 2.14. The van der Waals surface area contributed by atoms with Gasteiger partial charge in [-0.05, 0) is 18.6 Å². The molecule has 2 heterocycles. The van der Waals surface area contributed by atoms with Gasteiger partial charge in [0, 0.05) is 6.20 Å². The maximum absolute atomic E-state index is 12.6. The molecule has 1 aromatic rings. The van der Waals surface area contributed by atoms with Crippen molar-refractivity contribution in [1.29, 1.82) is 0 Å². The third-order valence-electron chi connectivity index (χ3n) is 2.34. The molecule has 0 N–H and O–H groups in total. The number of aromatic nitrogens is 1. The fraction of sp³-hybridized carbons (Fsp3) is 0.400. The Hall–Kier alpha value is -1.52. The van der Waals surface area contributed by atoms with E-state index in [1.807, 2.05) is 0 Å². The topological polar surface area (TPSA) is 33.2 Å². The van der Waals surface area contributed by atoms with E-state index < -0.39 is 24.9 Å². The molecule has 1 saturated heterocycles. The summed E-state index contributed by atoms with van der Waals surface area (Å²) in [5.74, 6) is -3.14. The highest BCUT2D eigenvalue weighted by molar-refractivity contribution is 5.94. The van der Waals surface area contributed by atoms with Gasteiger partial charge in [-0.25, -0.2) is 8.78 Å². The Morgan fingerprint density at radius 3 is 2.73 bits per heavy atom. The predicted octanol–water partition coefficient (Wildman–Crippen LogP) is 1.48. The second kappa shape index (κ2) is 3.25. The van der Waals surface area contributed by atoms with Gasteiger partial charge in [0.2, 0.25) is 0 Å². The largest absolute Gasteiger partial charge is 0.325 e. The third-order valence-corrected chi connectivity index (χ3v) is 2.34. The number of pyridine rings is 1. The Morgan fingerprint density at radius 1 is 1.53 bits per heavy atom. The van der Waals surface area contributed by atoms with Crippen LogP contribution in [0.15, 0.2) is 18.3 Å².